The van der Waals surface area contributed by atoms with Gasteiger partial charge in [0.2, 0.25) is 0 Å². The Kier molecular flexibility index (Phi) is 5.27. The lowest BCUT2D eigenvalue weighted by Gasteiger charge is -2.33. The van der Waals surface area contributed by atoms with Gasteiger partial charge in [-0.2, -0.15) is 5.26 Å². The minimum Gasteiger partial charge on any atom is -0.431 e. The summed E-state index contributed by atoms with van der Waals surface area (Å²) in [6.45, 7) is 8.38. The average molecular weight is 199 g/mol. The minimum absolute atomic E-state index is 0.395. The van der Waals surface area contributed by atoms with Gasteiger partial charge < -0.3 is 4.80 Å². The van der Waals surface area contributed by atoms with Crippen LogP contribution in [0.2, 0.25) is 17.1 Å². The molecule has 3 heteroatoms. The van der Waals surface area contributed by atoms with Crippen molar-refractivity contribution in [3.8, 4) is 6.07 Å². The maximum atomic E-state index is 10.4. The Morgan fingerprint density at radius 2 is 1.69 bits per heavy atom. The fraction of sp³-hybridized carbons (Fsp3) is 0.900. The Bertz CT molecular complexity index is 176. The Morgan fingerprint density at radius 1 is 1.23 bits per heavy atom. The van der Waals surface area contributed by atoms with Crippen molar-refractivity contribution in [1.82, 2.24) is 0 Å². The van der Waals surface area contributed by atoms with Gasteiger partial charge in [-0.15, -0.1) is 0 Å². The summed E-state index contributed by atoms with van der Waals surface area (Å²) >= 11 is 0. The maximum absolute atomic E-state index is 10.4. The number of hydrogen-bond donors (Lipinski definition) is 1. The highest BCUT2D eigenvalue weighted by Gasteiger charge is 2.37. The van der Waals surface area contributed by atoms with E-state index >= 15 is 0 Å². The van der Waals surface area contributed by atoms with Crippen LogP contribution in [0.3, 0.4) is 0 Å². The third-order valence-corrected chi connectivity index (χ3v) is 8.02. The molecule has 0 spiro atoms. The average Bonchev–Trinajstić information content (AvgIpc) is 2.03. The second kappa shape index (κ2) is 5.41. The summed E-state index contributed by atoms with van der Waals surface area (Å²) in [5, 5.41) is 8.42. The first-order valence-electron chi connectivity index (χ1n) is 5.04. The van der Waals surface area contributed by atoms with Crippen molar-refractivity contribution in [3.05, 3.63) is 0 Å². The second-order valence-electron chi connectivity index (χ2n) is 4.31. The maximum Gasteiger partial charge on any atom is 0.193 e. The molecule has 0 fully saturated rings. The molecule has 0 radical (unpaired) electrons. The normalized spacial score (nSPS) is 12.2. The van der Waals surface area contributed by atoms with Gasteiger partial charge in [0.1, 0.15) is 0 Å². The van der Waals surface area contributed by atoms with Crippen molar-refractivity contribution in [2.24, 2.45) is 0 Å². The summed E-state index contributed by atoms with van der Waals surface area (Å²) in [5.41, 5.74) is 0.789. The Morgan fingerprint density at radius 3 is 2.00 bits per heavy atom. The molecule has 76 valence electrons. The molecule has 0 aromatic carbocycles. The zero-order valence-electron chi connectivity index (χ0n) is 9.17. The number of nitriles is 1. The molecule has 0 aliphatic rings. The zero-order chi connectivity index (χ0) is 10.5. The lowest BCUT2D eigenvalue weighted by molar-refractivity contribution is 0.486. The SMILES string of the molecule is CC(C)[Si](O)(CCCC#N)C(C)C. The molecular formula is C10H21NOSi. The lowest BCUT2D eigenvalue weighted by Crippen LogP contribution is -2.41. The number of hydrogen-bond acceptors (Lipinski definition) is 2. The Labute approximate surface area is 82.7 Å². The summed E-state index contributed by atoms with van der Waals surface area (Å²) in [7, 11) is -2.09. The highest BCUT2D eigenvalue weighted by atomic mass is 28.4. The summed E-state index contributed by atoms with van der Waals surface area (Å²) in [6, 6.07) is 3.00. The van der Waals surface area contributed by atoms with E-state index in [9.17, 15) is 4.80 Å². The molecule has 0 heterocycles. The van der Waals surface area contributed by atoms with Crippen molar-refractivity contribution in [2.45, 2.75) is 57.7 Å². The van der Waals surface area contributed by atoms with Gasteiger partial charge in [0, 0.05) is 6.42 Å². The van der Waals surface area contributed by atoms with E-state index in [1.807, 2.05) is 0 Å². The molecule has 0 bridgehead atoms. The van der Waals surface area contributed by atoms with E-state index in [0.717, 1.165) is 12.5 Å². The molecule has 0 aromatic rings. The van der Waals surface area contributed by atoms with Crippen molar-refractivity contribution < 1.29 is 4.80 Å². The van der Waals surface area contributed by atoms with Crippen LogP contribution in [-0.2, 0) is 0 Å². The van der Waals surface area contributed by atoms with E-state index in [2.05, 4.69) is 33.8 Å². The molecular weight excluding hydrogens is 178 g/mol. The van der Waals surface area contributed by atoms with Crippen LogP contribution in [-0.4, -0.2) is 13.1 Å². The third-order valence-electron chi connectivity index (χ3n) is 2.87. The molecule has 0 amide bonds. The standard InChI is InChI=1S/C10H21NOSi/c1-9(2)13(12,10(3)4)8-6-5-7-11/h9-10,12H,5-6,8H2,1-4H3. The molecule has 0 aromatic heterocycles. The van der Waals surface area contributed by atoms with Crippen LogP contribution < -0.4 is 0 Å². The quantitative estimate of drug-likeness (QED) is 0.546. The van der Waals surface area contributed by atoms with Gasteiger partial charge >= 0.3 is 0 Å². The fourth-order valence-corrected chi connectivity index (χ4v) is 4.93. The molecule has 1 N–H and O–H groups in total. The smallest absolute Gasteiger partial charge is 0.193 e. The Hall–Kier alpha value is -0.333. The van der Waals surface area contributed by atoms with Crippen LogP contribution >= 0.6 is 0 Å². The van der Waals surface area contributed by atoms with Crippen LogP contribution in [0.5, 0.6) is 0 Å². The molecule has 0 aliphatic heterocycles. The van der Waals surface area contributed by atoms with Crippen molar-refractivity contribution in [3.63, 3.8) is 0 Å². The zero-order valence-corrected chi connectivity index (χ0v) is 10.2. The van der Waals surface area contributed by atoms with Crippen LogP contribution in [0.15, 0.2) is 0 Å². The molecule has 0 rings (SSSR count). The molecule has 0 unspecified atom stereocenters. The highest BCUT2D eigenvalue weighted by molar-refractivity contribution is 6.75. The van der Waals surface area contributed by atoms with Crippen molar-refractivity contribution in [1.29, 1.82) is 5.26 Å². The van der Waals surface area contributed by atoms with E-state index in [1.54, 1.807) is 0 Å². The van der Waals surface area contributed by atoms with Crippen LogP contribution in [0, 0.1) is 11.3 Å². The molecule has 0 saturated heterocycles. The monoisotopic (exact) mass is 199 g/mol. The fourth-order valence-electron chi connectivity index (χ4n) is 1.69. The molecule has 0 atom stereocenters. The Balaban J connectivity index is 4.19. The molecule has 13 heavy (non-hydrogen) atoms. The topological polar surface area (TPSA) is 44.0 Å². The summed E-state index contributed by atoms with van der Waals surface area (Å²) in [4.78, 5) is 10.4. The van der Waals surface area contributed by atoms with Crippen LogP contribution in [0.1, 0.15) is 40.5 Å². The first-order chi connectivity index (χ1) is 5.95. The van der Waals surface area contributed by atoms with E-state index in [1.165, 1.54) is 0 Å². The second-order valence-corrected chi connectivity index (χ2v) is 9.10. The van der Waals surface area contributed by atoms with Gasteiger partial charge in [0.05, 0.1) is 6.07 Å². The molecule has 0 aliphatic carbocycles. The van der Waals surface area contributed by atoms with Crippen LogP contribution in [0.25, 0.3) is 0 Å². The number of unbranched alkanes of at least 4 members (excludes halogenated alkanes) is 1. The van der Waals surface area contributed by atoms with Gasteiger partial charge in [-0.25, -0.2) is 0 Å². The lowest BCUT2D eigenvalue weighted by atomic mass is 10.4. The summed E-state index contributed by atoms with van der Waals surface area (Å²) < 4.78 is 0. The first-order valence-corrected chi connectivity index (χ1v) is 7.35. The van der Waals surface area contributed by atoms with E-state index in [0.29, 0.717) is 17.5 Å². The molecule has 0 saturated carbocycles. The van der Waals surface area contributed by atoms with Gasteiger partial charge in [-0.1, -0.05) is 27.7 Å². The van der Waals surface area contributed by atoms with E-state index in [4.69, 9.17) is 5.26 Å². The van der Waals surface area contributed by atoms with Gasteiger partial charge in [0.25, 0.3) is 0 Å². The summed E-state index contributed by atoms with van der Waals surface area (Å²) in [5.74, 6) is 0. The van der Waals surface area contributed by atoms with Crippen molar-refractivity contribution >= 4 is 8.32 Å². The van der Waals surface area contributed by atoms with Crippen molar-refractivity contribution in [2.75, 3.05) is 0 Å². The predicted octanol–water partition coefficient (Wildman–Crippen LogP) is 3.05. The third kappa shape index (κ3) is 3.49. The highest BCUT2D eigenvalue weighted by Crippen LogP contribution is 2.34. The number of rotatable bonds is 5. The largest absolute Gasteiger partial charge is 0.431 e. The first kappa shape index (κ1) is 12.7. The minimum atomic E-state index is -2.09. The van der Waals surface area contributed by atoms with Crippen LogP contribution in [0.4, 0.5) is 0 Å². The van der Waals surface area contributed by atoms with E-state index < -0.39 is 8.32 Å². The number of nitrogens with zero attached hydrogens (tertiary/aromatic N) is 1. The molecule has 2 nitrogen and oxygen atoms in total. The van der Waals surface area contributed by atoms with Gasteiger partial charge in [-0.3, -0.25) is 0 Å². The van der Waals surface area contributed by atoms with Gasteiger partial charge in [0.15, 0.2) is 8.32 Å². The van der Waals surface area contributed by atoms with Gasteiger partial charge in [-0.05, 0) is 23.5 Å². The summed E-state index contributed by atoms with van der Waals surface area (Å²) in [6.07, 6.45) is 1.43. The predicted molar refractivity (Wildman–Crippen MR) is 57.8 cm³/mol. The van der Waals surface area contributed by atoms with E-state index in [-0.39, 0.29) is 0 Å².